The third kappa shape index (κ3) is 1.93. The zero-order chi connectivity index (χ0) is 7.71. The van der Waals surface area contributed by atoms with Gasteiger partial charge in [0.05, 0.1) is 0 Å². The van der Waals surface area contributed by atoms with Gasteiger partial charge in [0.2, 0.25) is 0 Å². The van der Waals surface area contributed by atoms with E-state index in [9.17, 15) is 5.21 Å². The number of hydrogen-bond acceptors (Lipinski definition) is 2. The van der Waals surface area contributed by atoms with Gasteiger partial charge in [-0.3, -0.25) is 0 Å². The molecule has 9 heavy (non-hydrogen) atoms. The summed E-state index contributed by atoms with van der Waals surface area (Å²) in [5, 5.41) is 9.26. The molecule has 0 amide bonds. The third-order valence-corrected chi connectivity index (χ3v) is 2.09. The molecule has 0 saturated heterocycles. The first-order valence-electron chi connectivity index (χ1n) is 3.19. The summed E-state index contributed by atoms with van der Waals surface area (Å²) in [4.78, 5) is 0. The summed E-state index contributed by atoms with van der Waals surface area (Å²) < 4.78 is -0.455. The molecule has 0 aliphatic heterocycles. The predicted octanol–water partition coefficient (Wildman–Crippen LogP) is 0.885. The lowest BCUT2D eigenvalue weighted by molar-refractivity contribution is -1.13. The van der Waals surface area contributed by atoms with E-state index in [-0.39, 0.29) is 5.54 Å². The van der Waals surface area contributed by atoms with Crippen molar-refractivity contribution in [1.29, 1.82) is 0 Å². The van der Waals surface area contributed by atoms with Crippen molar-refractivity contribution in [1.82, 2.24) is 0 Å². The lowest BCUT2D eigenvalue weighted by atomic mass is 10.0. The van der Waals surface area contributed by atoms with Gasteiger partial charge >= 0.3 is 0 Å². The summed E-state index contributed by atoms with van der Waals surface area (Å²) >= 11 is 0. The predicted molar refractivity (Wildman–Crippen MR) is 36.5 cm³/mol. The van der Waals surface area contributed by atoms with E-state index in [1.807, 2.05) is 20.8 Å². The molecule has 0 aromatic rings. The topological polar surface area (TPSA) is 46.2 Å². The summed E-state index contributed by atoms with van der Waals surface area (Å²) in [6.07, 6.45) is 0.858. The smallest absolute Gasteiger partial charge is 0.142 e. The van der Waals surface area contributed by atoms with Gasteiger partial charge in [-0.15, -0.1) is 10.6 Å². The van der Waals surface area contributed by atoms with Crippen molar-refractivity contribution in [3.63, 3.8) is 0 Å². The first kappa shape index (κ1) is 8.88. The Labute approximate surface area is 56.6 Å². The number of nitrogens with two attached hydrogens (primary N) is 1. The van der Waals surface area contributed by atoms with Gasteiger partial charge in [0.25, 0.3) is 0 Å². The van der Waals surface area contributed by atoms with Crippen LogP contribution in [0.4, 0.5) is 0 Å². The van der Waals surface area contributed by atoms with Crippen molar-refractivity contribution in [3.05, 3.63) is 0 Å². The second kappa shape index (κ2) is 2.25. The Bertz CT molecular complexity index is 93.7. The third-order valence-electron chi connectivity index (χ3n) is 2.09. The molecule has 0 fully saturated rings. The van der Waals surface area contributed by atoms with E-state index in [4.69, 9.17) is 5.84 Å². The van der Waals surface area contributed by atoms with Crippen molar-refractivity contribution in [3.8, 4) is 0 Å². The Morgan fingerprint density at radius 2 is 1.89 bits per heavy atom. The van der Waals surface area contributed by atoms with Crippen LogP contribution in [-0.2, 0) is 0 Å². The quantitative estimate of drug-likeness (QED) is 0.334. The van der Waals surface area contributed by atoms with Crippen LogP contribution >= 0.6 is 0 Å². The highest BCUT2D eigenvalue weighted by atomic mass is 16.6. The molecule has 0 heterocycles. The van der Waals surface area contributed by atoms with Gasteiger partial charge in [-0.2, -0.15) is 5.21 Å². The molecule has 0 spiro atoms. The van der Waals surface area contributed by atoms with Gasteiger partial charge in [0.15, 0.2) is 0 Å². The molecule has 0 saturated carbocycles. The Morgan fingerprint density at radius 1 is 1.56 bits per heavy atom. The van der Waals surface area contributed by atoms with Gasteiger partial charge in [-0.25, -0.2) is 0 Å². The summed E-state index contributed by atoms with van der Waals surface area (Å²) in [6.45, 7) is 5.85. The van der Waals surface area contributed by atoms with Gasteiger partial charge in [-0.05, 0) is 13.8 Å². The average molecular weight is 133 g/mol. The van der Waals surface area contributed by atoms with E-state index in [0.29, 0.717) is 0 Å². The van der Waals surface area contributed by atoms with Crippen LogP contribution in [0.2, 0.25) is 0 Å². The summed E-state index contributed by atoms with van der Waals surface area (Å²) in [7, 11) is 1.57. The van der Waals surface area contributed by atoms with E-state index in [0.717, 1.165) is 6.42 Å². The van der Waals surface area contributed by atoms with E-state index >= 15 is 0 Å². The molecule has 0 aromatic heterocycles. The Hall–Kier alpha value is -0.120. The van der Waals surface area contributed by atoms with E-state index in [2.05, 4.69) is 0 Å². The van der Waals surface area contributed by atoms with Crippen molar-refractivity contribution >= 4 is 0 Å². The van der Waals surface area contributed by atoms with Crippen molar-refractivity contribution < 1.29 is 9.96 Å². The monoisotopic (exact) mass is 133 g/mol. The second-order valence-electron chi connectivity index (χ2n) is 3.19. The fourth-order valence-electron chi connectivity index (χ4n) is 0.320. The molecule has 56 valence electrons. The maximum atomic E-state index is 9.26. The first-order valence-corrected chi connectivity index (χ1v) is 3.19. The van der Waals surface area contributed by atoms with Gasteiger partial charge in [-0.1, -0.05) is 6.92 Å². The second-order valence-corrected chi connectivity index (χ2v) is 3.19. The minimum Gasteiger partial charge on any atom is -0.196 e. The average Bonchev–Trinajstić information content (AvgIpc) is 1.64. The van der Waals surface area contributed by atoms with Gasteiger partial charge in [0, 0.05) is 6.42 Å². The number of quaternary nitrogens is 1. The van der Waals surface area contributed by atoms with E-state index in [1.54, 1.807) is 7.05 Å². The molecule has 3 nitrogen and oxygen atoms in total. The number of rotatable bonds is 2. The molecule has 0 radical (unpaired) electrons. The highest BCUT2D eigenvalue weighted by Gasteiger charge is 2.35. The zero-order valence-corrected chi connectivity index (χ0v) is 6.68. The van der Waals surface area contributed by atoms with Gasteiger partial charge < -0.3 is 0 Å². The molecule has 1 atom stereocenters. The van der Waals surface area contributed by atoms with Crippen LogP contribution in [0, 0.1) is 0 Å². The largest absolute Gasteiger partial charge is 0.196 e. The van der Waals surface area contributed by atoms with Crippen molar-refractivity contribution in [2.24, 2.45) is 5.84 Å². The maximum absolute atomic E-state index is 9.26. The highest BCUT2D eigenvalue weighted by Crippen LogP contribution is 2.17. The molecule has 0 bridgehead atoms. The molecule has 0 aliphatic carbocycles. The van der Waals surface area contributed by atoms with Crippen LogP contribution in [0.1, 0.15) is 27.2 Å². The fourth-order valence-corrected chi connectivity index (χ4v) is 0.320. The SMILES string of the molecule is CCC(C)(C)[N+](C)(N)O. The summed E-state index contributed by atoms with van der Waals surface area (Å²) in [5.41, 5.74) is -0.250. The number of hydroxylamine groups is 2. The highest BCUT2D eigenvalue weighted by molar-refractivity contribution is 4.61. The Kier molecular flexibility index (Phi) is 2.22. The molecule has 0 rings (SSSR count). The Balaban J connectivity index is 4.14. The lowest BCUT2D eigenvalue weighted by Crippen LogP contribution is -2.61. The number of nitrogens with zero attached hydrogens (tertiary/aromatic N) is 1. The fraction of sp³-hybridized carbons (Fsp3) is 1.00. The van der Waals surface area contributed by atoms with Crippen molar-refractivity contribution in [2.75, 3.05) is 7.05 Å². The van der Waals surface area contributed by atoms with Crippen molar-refractivity contribution in [2.45, 2.75) is 32.7 Å². The van der Waals surface area contributed by atoms with Crippen LogP contribution < -0.4 is 5.84 Å². The van der Waals surface area contributed by atoms with Crippen LogP contribution in [0.5, 0.6) is 0 Å². The number of hydrogen-bond donors (Lipinski definition) is 2. The summed E-state index contributed by atoms with van der Waals surface area (Å²) in [6, 6.07) is 0. The van der Waals surface area contributed by atoms with E-state index < -0.39 is 4.76 Å². The van der Waals surface area contributed by atoms with Crippen LogP contribution in [-0.4, -0.2) is 22.5 Å². The minimum absolute atomic E-state index is 0.250. The molecule has 0 aromatic carbocycles. The first-order chi connectivity index (χ1) is 3.81. The van der Waals surface area contributed by atoms with Crippen LogP contribution in [0.25, 0.3) is 0 Å². The van der Waals surface area contributed by atoms with Gasteiger partial charge in [0.1, 0.15) is 12.6 Å². The molecule has 1 unspecified atom stereocenters. The standard InChI is InChI=1S/C6H17N2O/c1-5-6(2,3)8(4,7)9/h9H,5,7H2,1-4H3/q+1. The minimum atomic E-state index is -0.455. The normalized spacial score (nSPS) is 19.3. The lowest BCUT2D eigenvalue weighted by Gasteiger charge is -2.34. The molecule has 3 N–H and O–H groups in total. The van der Waals surface area contributed by atoms with Crippen LogP contribution in [0.15, 0.2) is 0 Å². The zero-order valence-electron chi connectivity index (χ0n) is 6.68. The maximum Gasteiger partial charge on any atom is 0.142 e. The van der Waals surface area contributed by atoms with E-state index in [1.165, 1.54) is 0 Å². The molecule has 3 heteroatoms. The summed E-state index contributed by atoms with van der Waals surface area (Å²) in [5.74, 6) is 5.42. The molecule has 0 aliphatic rings. The molecular formula is C6H17N2O+. The van der Waals surface area contributed by atoms with Crippen LogP contribution in [0.3, 0.4) is 0 Å². The Morgan fingerprint density at radius 3 is 1.89 bits per heavy atom. The molecular weight excluding hydrogens is 116 g/mol.